The van der Waals surface area contributed by atoms with Gasteiger partial charge < -0.3 is 21.3 Å². The first-order chi connectivity index (χ1) is 15.1. The second-order valence-corrected chi connectivity index (χ2v) is 7.92. The van der Waals surface area contributed by atoms with E-state index < -0.39 is 0 Å². The molecule has 8 nitrogen and oxygen atoms in total. The highest BCUT2D eigenvalue weighted by atomic mass is 35.5. The number of nitrogens with two attached hydrogens (primary N) is 1. The lowest BCUT2D eigenvalue weighted by Crippen LogP contribution is -2.42. The van der Waals surface area contributed by atoms with Gasteiger partial charge in [-0.25, -0.2) is 15.0 Å². The van der Waals surface area contributed by atoms with Gasteiger partial charge in [0.2, 0.25) is 5.91 Å². The molecule has 1 atom stereocenters. The Morgan fingerprint density at radius 1 is 1.32 bits per heavy atom. The van der Waals surface area contributed by atoms with Crippen LogP contribution < -0.4 is 21.3 Å². The highest BCUT2D eigenvalue weighted by Gasteiger charge is 2.25. The maximum absolute atomic E-state index is 11.6. The third-order valence-electron chi connectivity index (χ3n) is 5.24. The van der Waals surface area contributed by atoms with Crippen LogP contribution in [0.1, 0.15) is 30.9 Å². The second kappa shape index (κ2) is 11.5. The van der Waals surface area contributed by atoms with Crippen molar-refractivity contribution >= 4 is 29.3 Å². The van der Waals surface area contributed by atoms with E-state index >= 15 is 0 Å². The molecule has 2 aromatic rings. The number of pyridine rings is 2. The summed E-state index contributed by atoms with van der Waals surface area (Å²) in [4.78, 5) is 27.2. The summed E-state index contributed by atoms with van der Waals surface area (Å²) >= 11 is 5.84. The van der Waals surface area contributed by atoms with Crippen LogP contribution in [0.3, 0.4) is 0 Å². The highest BCUT2D eigenvalue weighted by molar-refractivity contribution is 6.29. The van der Waals surface area contributed by atoms with E-state index in [1.54, 1.807) is 18.5 Å². The number of hydrogen-bond acceptors (Lipinski definition) is 5. The van der Waals surface area contributed by atoms with Gasteiger partial charge in [-0.15, -0.1) is 0 Å². The number of aliphatic imine (C=N–C) groups is 1. The van der Waals surface area contributed by atoms with Crippen molar-refractivity contribution in [2.75, 3.05) is 31.1 Å². The van der Waals surface area contributed by atoms with Crippen LogP contribution in [-0.4, -0.2) is 48.0 Å². The molecule has 0 saturated carbocycles. The van der Waals surface area contributed by atoms with Gasteiger partial charge in [-0.2, -0.15) is 0 Å². The first-order valence-corrected chi connectivity index (χ1v) is 11.1. The van der Waals surface area contributed by atoms with E-state index in [-0.39, 0.29) is 11.8 Å². The van der Waals surface area contributed by atoms with E-state index in [2.05, 4.69) is 25.5 Å². The van der Waals surface area contributed by atoms with E-state index in [1.165, 1.54) is 0 Å². The normalized spacial score (nSPS) is 16.8. The smallest absolute Gasteiger partial charge is 0.222 e. The van der Waals surface area contributed by atoms with E-state index in [1.807, 2.05) is 25.1 Å². The Kier molecular flexibility index (Phi) is 8.46. The lowest BCUT2D eigenvalue weighted by atomic mass is 9.97. The Bertz CT molecular complexity index is 888. The van der Waals surface area contributed by atoms with Crippen molar-refractivity contribution in [3.05, 3.63) is 52.9 Å². The van der Waals surface area contributed by atoms with Gasteiger partial charge in [-0.1, -0.05) is 23.7 Å². The summed E-state index contributed by atoms with van der Waals surface area (Å²) in [7, 11) is 0. The van der Waals surface area contributed by atoms with Crippen LogP contribution >= 0.6 is 11.6 Å². The van der Waals surface area contributed by atoms with Gasteiger partial charge in [-0.05, 0) is 43.9 Å². The van der Waals surface area contributed by atoms with Crippen molar-refractivity contribution in [2.24, 2.45) is 16.6 Å². The summed E-state index contributed by atoms with van der Waals surface area (Å²) in [6, 6.07) is 7.71. The summed E-state index contributed by atoms with van der Waals surface area (Å²) in [6.07, 6.45) is 6.14. The molecule has 0 radical (unpaired) electrons. The summed E-state index contributed by atoms with van der Waals surface area (Å²) in [5, 5.41) is 7.13. The van der Waals surface area contributed by atoms with Crippen LogP contribution in [-0.2, 0) is 17.8 Å². The highest BCUT2D eigenvalue weighted by Crippen LogP contribution is 2.24. The molecule has 4 N–H and O–H groups in total. The molecule has 3 rings (SSSR count). The molecule has 166 valence electrons. The Balaban J connectivity index is 1.63. The quantitative estimate of drug-likeness (QED) is 0.327. The van der Waals surface area contributed by atoms with Crippen LogP contribution in [0.25, 0.3) is 0 Å². The standard InChI is InChI=1S/C22H30ClN7O/c1-2-25-22(27-11-9-16-7-8-19(23)28-13-16)29-14-17-5-3-10-26-21(17)30-12-4-6-18(15-30)20(24)31/h3,5,7-8,10,13,18H,2,4,6,9,11-12,14-15H2,1H3,(H2,24,31)(H2,25,27,29). The van der Waals surface area contributed by atoms with Gasteiger partial charge in [0.25, 0.3) is 0 Å². The third kappa shape index (κ3) is 6.82. The molecule has 0 spiro atoms. The summed E-state index contributed by atoms with van der Waals surface area (Å²) in [5.74, 6) is 1.25. The SMILES string of the molecule is CCNC(=NCc1cccnc1N1CCCC(C(N)=O)C1)NCCc1ccc(Cl)nc1. The van der Waals surface area contributed by atoms with E-state index in [4.69, 9.17) is 22.3 Å². The molecule has 2 aromatic heterocycles. The molecule has 1 unspecified atom stereocenters. The Labute approximate surface area is 188 Å². The zero-order chi connectivity index (χ0) is 22.1. The van der Waals surface area contributed by atoms with Crippen LogP contribution in [0.5, 0.6) is 0 Å². The molecule has 0 aliphatic carbocycles. The molecule has 1 aliphatic rings. The minimum Gasteiger partial charge on any atom is -0.369 e. The Hall–Kier alpha value is -2.87. The second-order valence-electron chi connectivity index (χ2n) is 7.53. The van der Waals surface area contributed by atoms with Crippen molar-refractivity contribution in [1.29, 1.82) is 0 Å². The number of guanidine groups is 1. The van der Waals surface area contributed by atoms with Crippen molar-refractivity contribution in [3.8, 4) is 0 Å². The third-order valence-corrected chi connectivity index (χ3v) is 5.46. The topological polar surface area (TPSA) is 109 Å². The molecular formula is C22H30ClN7O. The number of nitrogens with one attached hydrogen (secondary N) is 2. The first-order valence-electron chi connectivity index (χ1n) is 10.7. The molecule has 0 bridgehead atoms. The van der Waals surface area contributed by atoms with Gasteiger partial charge in [0.15, 0.2) is 5.96 Å². The number of carbonyl (C=O) groups excluding carboxylic acids is 1. The van der Waals surface area contributed by atoms with Gasteiger partial charge in [0.1, 0.15) is 11.0 Å². The zero-order valence-electron chi connectivity index (χ0n) is 17.9. The maximum atomic E-state index is 11.6. The van der Waals surface area contributed by atoms with Crippen molar-refractivity contribution in [2.45, 2.75) is 32.7 Å². The first kappa shape index (κ1) is 22.8. The fourth-order valence-corrected chi connectivity index (χ4v) is 3.74. The zero-order valence-corrected chi connectivity index (χ0v) is 18.6. The largest absolute Gasteiger partial charge is 0.369 e. The molecule has 1 aliphatic heterocycles. The predicted molar refractivity (Wildman–Crippen MR) is 124 cm³/mol. The van der Waals surface area contributed by atoms with Crippen molar-refractivity contribution in [1.82, 2.24) is 20.6 Å². The number of amides is 1. The number of carbonyl (C=O) groups is 1. The predicted octanol–water partition coefficient (Wildman–Crippen LogP) is 2.13. The molecular weight excluding hydrogens is 414 g/mol. The average molecular weight is 444 g/mol. The molecule has 9 heteroatoms. The van der Waals surface area contributed by atoms with Crippen LogP contribution in [0.15, 0.2) is 41.7 Å². The van der Waals surface area contributed by atoms with Gasteiger partial charge in [-0.3, -0.25) is 4.79 Å². The van der Waals surface area contributed by atoms with Crippen LogP contribution in [0.4, 0.5) is 5.82 Å². The summed E-state index contributed by atoms with van der Waals surface area (Å²) in [6.45, 7) is 5.48. The fraction of sp³-hybridized carbons (Fsp3) is 0.455. The summed E-state index contributed by atoms with van der Waals surface area (Å²) in [5.41, 5.74) is 7.67. The monoisotopic (exact) mass is 443 g/mol. The number of primary amides is 1. The number of hydrogen-bond donors (Lipinski definition) is 3. The van der Waals surface area contributed by atoms with E-state index in [0.29, 0.717) is 18.2 Å². The average Bonchev–Trinajstić information content (AvgIpc) is 2.79. The molecule has 3 heterocycles. The van der Waals surface area contributed by atoms with E-state index in [0.717, 1.165) is 61.8 Å². The van der Waals surface area contributed by atoms with Gasteiger partial charge in [0, 0.05) is 44.1 Å². The molecule has 1 amide bonds. The Morgan fingerprint density at radius 2 is 2.19 bits per heavy atom. The summed E-state index contributed by atoms with van der Waals surface area (Å²) < 4.78 is 0. The van der Waals surface area contributed by atoms with Gasteiger partial charge >= 0.3 is 0 Å². The number of halogens is 1. The molecule has 1 saturated heterocycles. The van der Waals surface area contributed by atoms with E-state index in [9.17, 15) is 4.79 Å². The molecule has 31 heavy (non-hydrogen) atoms. The minimum atomic E-state index is -0.241. The molecule has 1 fully saturated rings. The lowest BCUT2D eigenvalue weighted by molar-refractivity contribution is -0.122. The molecule has 0 aromatic carbocycles. The number of anilines is 1. The lowest BCUT2D eigenvalue weighted by Gasteiger charge is -2.33. The number of nitrogens with zero attached hydrogens (tertiary/aromatic N) is 4. The minimum absolute atomic E-state index is 0.131. The number of piperidine rings is 1. The number of aromatic nitrogens is 2. The maximum Gasteiger partial charge on any atom is 0.222 e. The number of rotatable bonds is 8. The van der Waals surface area contributed by atoms with Crippen molar-refractivity contribution in [3.63, 3.8) is 0 Å². The van der Waals surface area contributed by atoms with Crippen LogP contribution in [0.2, 0.25) is 5.15 Å². The van der Waals surface area contributed by atoms with Crippen molar-refractivity contribution < 1.29 is 4.79 Å². The Morgan fingerprint density at radius 3 is 2.94 bits per heavy atom. The van der Waals surface area contributed by atoms with Gasteiger partial charge in [0.05, 0.1) is 12.5 Å². The fourth-order valence-electron chi connectivity index (χ4n) is 3.63. The van der Waals surface area contributed by atoms with Crippen LogP contribution in [0, 0.1) is 5.92 Å².